The molecule has 2 aromatic heterocycles. The Morgan fingerprint density at radius 1 is 1.14 bits per heavy atom. The average molecular weight is 404 g/mol. The van der Waals surface area contributed by atoms with Gasteiger partial charge in [0.15, 0.2) is 4.96 Å². The minimum Gasteiger partial charge on any atom is -0.349 e. The van der Waals surface area contributed by atoms with Crippen LogP contribution in [0, 0.1) is 12.8 Å². The van der Waals surface area contributed by atoms with Crippen molar-refractivity contribution in [2.45, 2.75) is 45.6 Å². The lowest BCUT2D eigenvalue weighted by Crippen LogP contribution is -2.41. The maximum Gasteiger partial charge on any atom is 0.251 e. The van der Waals surface area contributed by atoms with E-state index in [1.54, 1.807) is 11.3 Å². The highest BCUT2D eigenvalue weighted by atomic mass is 32.1. The van der Waals surface area contributed by atoms with Gasteiger partial charge >= 0.3 is 0 Å². The van der Waals surface area contributed by atoms with Crippen LogP contribution < -0.4 is 5.32 Å². The third-order valence-corrected chi connectivity index (χ3v) is 7.15. The summed E-state index contributed by atoms with van der Waals surface area (Å²) < 4.78 is 3.22. The number of amides is 1. The Hall–Kier alpha value is -2.66. The Morgan fingerprint density at radius 3 is 2.72 bits per heavy atom. The summed E-state index contributed by atoms with van der Waals surface area (Å²) in [7, 11) is 0. The van der Waals surface area contributed by atoms with Crippen molar-refractivity contribution in [2.75, 3.05) is 0 Å². The van der Waals surface area contributed by atoms with Gasteiger partial charge in [-0.1, -0.05) is 60.9 Å². The molecule has 1 aliphatic carbocycles. The molecule has 2 heterocycles. The van der Waals surface area contributed by atoms with Crippen LogP contribution in [-0.2, 0) is 0 Å². The summed E-state index contributed by atoms with van der Waals surface area (Å²) >= 11 is 1.63. The van der Waals surface area contributed by atoms with Crippen LogP contribution in [0.25, 0.3) is 26.4 Å². The van der Waals surface area contributed by atoms with E-state index in [-0.39, 0.29) is 5.91 Å². The number of imidazole rings is 1. The van der Waals surface area contributed by atoms with E-state index in [9.17, 15) is 4.79 Å². The Bertz CT molecular complexity index is 1190. The van der Waals surface area contributed by atoms with Crippen LogP contribution in [0.15, 0.2) is 48.7 Å². The lowest BCUT2D eigenvalue weighted by atomic mass is 9.86. The lowest BCUT2D eigenvalue weighted by Gasteiger charge is -2.29. The highest BCUT2D eigenvalue weighted by molar-refractivity contribution is 7.23. The summed E-state index contributed by atoms with van der Waals surface area (Å²) in [6, 6.07) is 14.7. The van der Waals surface area contributed by atoms with Gasteiger partial charge in [0.25, 0.3) is 5.91 Å². The van der Waals surface area contributed by atoms with Crippen LogP contribution in [-0.4, -0.2) is 21.3 Å². The number of fused-ring (bicyclic) bond motifs is 3. The Labute approximate surface area is 174 Å². The second-order valence-corrected chi connectivity index (χ2v) is 9.28. The van der Waals surface area contributed by atoms with Gasteiger partial charge in [0.05, 0.1) is 15.9 Å². The summed E-state index contributed by atoms with van der Waals surface area (Å²) in [5, 5.41) is 3.26. The normalized spacial score (nSPS) is 19.7. The topological polar surface area (TPSA) is 46.4 Å². The molecule has 5 rings (SSSR count). The van der Waals surface area contributed by atoms with Gasteiger partial charge in [-0.3, -0.25) is 9.20 Å². The van der Waals surface area contributed by atoms with E-state index in [1.807, 2.05) is 18.2 Å². The van der Waals surface area contributed by atoms with Crippen molar-refractivity contribution in [3.63, 3.8) is 0 Å². The quantitative estimate of drug-likeness (QED) is 0.467. The molecule has 5 heteroatoms. The van der Waals surface area contributed by atoms with Crippen molar-refractivity contribution in [1.29, 1.82) is 0 Å². The van der Waals surface area contributed by atoms with E-state index in [0.29, 0.717) is 12.0 Å². The highest BCUT2D eigenvalue weighted by Crippen LogP contribution is 2.30. The number of thiazole rings is 1. The van der Waals surface area contributed by atoms with Crippen LogP contribution >= 0.6 is 11.3 Å². The number of carbonyl (C=O) groups excluding carboxylic acids is 1. The molecule has 1 amide bonds. The van der Waals surface area contributed by atoms with Crippen LogP contribution in [0.2, 0.25) is 0 Å². The van der Waals surface area contributed by atoms with Crippen LogP contribution in [0.1, 0.15) is 48.5 Å². The molecule has 0 bridgehead atoms. The van der Waals surface area contributed by atoms with E-state index >= 15 is 0 Å². The number of aromatic nitrogens is 2. The van der Waals surface area contributed by atoms with Crippen molar-refractivity contribution in [2.24, 2.45) is 5.92 Å². The van der Waals surface area contributed by atoms with Gasteiger partial charge in [-0.2, -0.15) is 0 Å². The lowest BCUT2D eigenvalue weighted by molar-refractivity contribution is 0.0910. The van der Waals surface area contributed by atoms with Gasteiger partial charge in [0, 0.05) is 23.4 Å². The van der Waals surface area contributed by atoms with E-state index in [4.69, 9.17) is 4.98 Å². The summed E-state index contributed by atoms with van der Waals surface area (Å²) in [4.78, 5) is 18.6. The first kappa shape index (κ1) is 18.4. The van der Waals surface area contributed by atoms with Crippen molar-refractivity contribution < 1.29 is 4.79 Å². The van der Waals surface area contributed by atoms with Gasteiger partial charge in [-0.25, -0.2) is 4.98 Å². The summed E-state index contributed by atoms with van der Waals surface area (Å²) in [6.45, 7) is 4.33. The zero-order valence-corrected chi connectivity index (χ0v) is 17.6. The third-order valence-electron chi connectivity index (χ3n) is 6.13. The Kier molecular flexibility index (Phi) is 4.63. The van der Waals surface area contributed by atoms with Crippen LogP contribution in [0.4, 0.5) is 0 Å². The number of carbonyl (C=O) groups is 1. The first-order chi connectivity index (χ1) is 14.1. The molecule has 1 fully saturated rings. The van der Waals surface area contributed by atoms with E-state index in [1.165, 1.54) is 24.8 Å². The third kappa shape index (κ3) is 3.44. The number of rotatable bonds is 3. The molecule has 0 saturated heterocycles. The second-order valence-electron chi connectivity index (χ2n) is 8.27. The predicted octanol–water partition coefficient (Wildman–Crippen LogP) is 5.83. The predicted molar refractivity (Wildman–Crippen MR) is 120 cm³/mol. The highest BCUT2D eigenvalue weighted by Gasteiger charge is 2.23. The van der Waals surface area contributed by atoms with Crippen molar-refractivity contribution in [1.82, 2.24) is 14.7 Å². The molecule has 1 aliphatic rings. The molecular formula is C24H25N3OS. The maximum absolute atomic E-state index is 12.8. The molecule has 0 radical (unpaired) electrons. The molecule has 148 valence electrons. The molecular weight excluding hydrogens is 378 g/mol. The second kappa shape index (κ2) is 7.30. The zero-order chi connectivity index (χ0) is 20.0. The molecule has 29 heavy (non-hydrogen) atoms. The Balaban J connectivity index is 1.43. The molecule has 4 nitrogen and oxygen atoms in total. The first-order valence-electron chi connectivity index (χ1n) is 10.4. The summed E-state index contributed by atoms with van der Waals surface area (Å²) in [5.41, 5.74) is 5.18. The maximum atomic E-state index is 12.8. The molecule has 1 N–H and O–H groups in total. The van der Waals surface area contributed by atoms with E-state index in [2.05, 4.69) is 54.0 Å². The minimum atomic E-state index is 0.0389. The SMILES string of the molecule is Cc1ccc(-c2cn3c(n2)sc2cc(C(=O)N[C@@H]4CCCC[C@@H]4C)ccc23)cc1. The molecule has 4 aromatic rings. The fraction of sp³-hybridized carbons (Fsp3) is 0.333. The van der Waals surface area contributed by atoms with Gasteiger partial charge in [-0.05, 0) is 43.9 Å². The summed E-state index contributed by atoms with van der Waals surface area (Å²) in [5.74, 6) is 0.596. The summed E-state index contributed by atoms with van der Waals surface area (Å²) in [6.07, 6.45) is 6.86. The number of nitrogens with one attached hydrogen (secondary N) is 1. The molecule has 0 spiro atoms. The Morgan fingerprint density at radius 2 is 1.93 bits per heavy atom. The molecule has 0 unspecified atom stereocenters. The van der Waals surface area contributed by atoms with Crippen LogP contribution in [0.3, 0.4) is 0 Å². The molecule has 0 aliphatic heterocycles. The zero-order valence-electron chi connectivity index (χ0n) is 16.8. The number of aryl methyl sites for hydroxylation is 1. The van der Waals surface area contributed by atoms with Gasteiger partial charge in [0.1, 0.15) is 0 Å². The fourth-order valence-corrected chi connectivity index (χ4v) is 5.34. The van der Waals surface area contributed by atoms with Gasteiger partial charge in [-0.15, -0.1) is 0 Å². The number of benzene rings is 2. The minimum absolute atomic E-state index is 0.0389. The molecule has 2 atom stereocenters. The first-order valence-corrected chi connectivity index (χ1v) is 11.2. The van der Waals surface area contributed by atoms with Gasteiger partial charge < -0.3 is 5.32 Å². The fourth-order valence-electron chi connectivity index (χ4n) is 4.29. The average Bonchev–Trinajstić information content (AvgIpc) is 3.27. The van der Waals surface area contributed by atoms with Crippen molar-refractivity contribution >= 4 is 32.4 Å². The number of nitrogens with zero attached hydrogens (tertiary/aromatic N) is 2. The largest absolute Gasteiger partial charge is 0.349 e. The number of hydrogen-bond donors (Lipinski definition) is 1. The molecule has 1 saturated carbocycles. The van der Waals surface area contributed by atoms with E-state index < -0.39 is 0 Å². The molecule has 2 aromatic carbocycles. The smallest absolute Gasteiger partial charge is 0.251 e. The standard InChI is InChI=1S/C24H25N3OS/c1-15-7-9-17(10-8-15)20-14-27-21-12-11-18(13-22(21)29-24(27)26-20)23(28)25-19-6-4-3-5-16(19)2/h7-14,16,19H,3-6H2,1-2H3,(H,25,28)/t16-,19+/m0/s1. The van der Waals surface area contributed by atoms with Crippen molar-refractivity contribution in [3.8, 4) is 11.3 Å². The monoisotopic (exact) mass is 403 g/mol. The van der Waals surface area contributed by atoms with Gasteiger partial charge in [0.2, 0.25) is 0 Å². The van der Waals surface area contributed by atoms with Crippen LogP contribution in [0.5, 0.6) is 0 Å². The van der Waals surface area contributed by atoms with Crippen molar-refractivity contribution in [3.05, 3.63) is 59.8 Å². The number of hydrogen-bond acceptors (Lipinski definition) is 3. The van der Waals surface area contributed by atoms with E-state index in [0.717, 1.165) is 38.4 Å².